The van der Waals surface area contributed by atoms with Crippen LogP contribution in [0.4, 0.5) is 23.7 Å². The Bertz CT molecular complexity index is 1450. The third-order valence-electron chi connectivity index (χ3n) is 6.75. The van der Waals surface area contributed by atoms with Gasteiger partial charge in [-0.05, 0) is 67.0 Å². The van der Waals surface area contributed by atoms with Gasteiger partial charge in [-0.2, -0.15) is 13.2 Å². The number of urea groups is 1. The maximum Gasteiger partial charge on any atom is 0.490 e. The van der Waals surface area contributed by atoms with Crippen molar-refractivity contribution < 1.29 is 27.9 Å². The lowest BCUT2D eigenvalue weighted by molar-refractivity contribution is -0.192. The monoisotopic (exact) mass is 620 g/mol. The summed E-state index contributed by atoms with van der Waals surface area (Å²) >= 11 is 0. The number of anilines is 1. The second-order valence-electron chi connectivity index (χ2n) is 10.6. The van der Waals surface area contributed by atoms with Crippen LogP contribution in [0.25, 0.3) is 11.1 Å². The Morgan fingerprint density at radius 3 is 1.73 bits per heavy atom. The molecule has 45 heavy (non-hydrogen) atoms. The molecule has 0 aliphatic carbocycles. The van der Waals surface area contributed by atoms with Gasteiger partial charge in [-0.3, -0.25) is 0 Å². The van der Waals surface area contributed by atoms with Crippen molar-refractivity contribution in [3.05, 3.63) is 126 Å². The highest BCUT2D eigenvalue weighted by atomic mass is 19.4. The van der Waals surface area contributed by atoms with E-state index in [1.807, 2.05) is 49.3 Å². The molecule has 10 heteroatoms. The number of alkyl halides is 3. The van der Waals surface area contributed by atoms with Crippen LogP contribution in [0, 0.1) is 0 Å². The van der Waals surface area contributed by atoms with Gasteiger partial charge in [-0.25, -0.2) is 9.59 Å². The SMILES string of the molecule is CN(C)CCN(Cc1ccc(-c2ccc(CNCCc3ccccc3)cc2)cc1)C(=O)Nc1ccccc1.O=C(O)C(F)(F)F. The molecule has 0 aliphatic rings. The van der Waals surface area contributed by atoms with E-state index < -0.39 is 12.1 Å². The van der Waals surface area contributed by atoms with Gasteiger partial charge in [-0.15, -0.1) is 0 Å². The van der Waals surface area contributed by atoms with Crippen LogP contribution in [0.1, 0.15) is 16.7 Å². The lowest BCUT2D eigenvalue weighted by Crippen LogP contribution is -2.39. The van der Waals surface area contributed by atoms with Gasteiger partial charge in [0, 0.05) is 31.9 Å². The molecular weight excluding hydrogens is 581 g/mol. The number of hydrogen-bond donors (Lipinski definition) is 3. The summed E-state index contributed by atoms with van der Waals surface area (Å²) in [6.07, 6.45) is -4.05. The van der Waals surface area contributed by atoms with Crippen LogP contribution in [0.3, 0.4) is 0 Å². The maximum absolute atomic E-state index is 13.0. The Morgan fingerprint density at radius 2 is 1.22 bits per heavy atom. The number of likely N-dealkylation sites (N-methyl/N-ethyl adjacent to an activating group) is 1. The first kappa shape index (κ1) is 34.8. The normalized spacial score (nSPS) is 11.0. The van der Waals surface area contributed by atoms with Crippen LogP contribution in [0.15, 0.2) is 109 Å². The predicted molar refractivity (Wildman–Crippen MR) is 172 cm³/mol. The molecule has 0 fully saturated rings. The molecule has 0 atom stereocenters. The second-order valence-corrected chi connectivity index (χ2v) is 10.6. The minimum Gasteiger partial charge on any atom is -0.475 e. The van der Waals surface area contributed by atoms with E-state index >= 15 is 0 Å². The number of carboxylic acids is 1. The highest BCUT2D eigenvalue weighted by molar-refractivity contribution is 5.89. The number of amides is 2. The summed E-state index contributed by atoms with van der Waals surface area (Å²) < 4.78 is 31.7. The number of rotatable bonds is 12. The minimum absolute atomic E-state index is 0.0879. The fraction of sp³-hybridized carbons (Fsp3) is 0.257. The summed E-state index contributed by atoms with van der Waals surface area (Å²) in [7, 11) is 4.04. The number of aliphatic carboxylic acids is 1. The first-order chi connectivity index (χ1) is 21.5. The van der Waals surface area contributed by atoms with Gasteiger partial charge in [-0.1, -0.05) is 97.1 Å². The fourth-order valence-corrected chi connectivity index (χ4v) is 4.25. The van der Waals surface area contributed by atoms with Gasteiger partial charge in [0.25, 0.3) is 0 Å². The third-order valence-corrected chi connectivity index (χ3v) is 6.75. The minimum atomic E-state index is -5.08. The molecule has 4 rings (SSSR count). The Balaban J connectivity index is 0.000000707. The van der Waals surface area contributed by atoms with E-state index in [1.165, 1.54) is 22.3 Å². The topological polar surface area (TPSA) is 84.9 Å². The van der Waals surface area contributed by atoms with Gasteiger partial charge in [0.1, 0.15) is 0 Å². The lowest BCUT2D eigenvalue weighted by atomic mass is 10.0. The molecule has 0 unspecified atom stereocenters. The quantitative estimate of drug-likeness (QED) is 0.150. The number of para-hydroxylation sites is 1. The second kappa shape index (κ2) is 17.6. The van der Waals surface area contributed by atoms with E-state index in [4.69, 9.17) is 9.90 Å². The standard InChI is InChI=1S/C33H38N4O.C2HF3O2/c1-36(2)23-24-37(33(38)35-32-11-7-4-8-12-32)26-29-15-19-31(20-16-29)30-17-13-28(14-18-30)25-34-22-21-27-9-5-3-6-10-27;3-2(4,5)1(6)7/h3-20,34H,21-26H2,1-2H3,(H,35,38);(H,6,7). The van der Waals surface area contributed by atoms with E-state index in [0.717, 1.165) is 37.3 Å². The first-order valence-corrected chi connectivity index (χ1v) is 14.5. The number of nitrogens with one attached hydrogen (secondary N) is 2. The predicted octanol–water partition coefficient (Wildman–Crippen LogP) is 6.91. The van der Waals surface area contributed by atoms with Gasteiger partial charge in [0.15, 0.2) is 0 Å². The summed E-state index contributed by atoms with van der Waals surface area (Å²) in [4.78, 5) is 25.9. The van der Waals surface area contributed by atoms with Crippen LogP contribution >= 0.6 is 0 Å². The van der Waals surface area contributed by atoms with Gasteiger partial charge in [0.05, 0.1) is 0 Å². The van der Waals surface area contributed by atoms with Crippen molar-refractivity contribution in [3.8, 4) is 11.1 Å². The smallest absolute Gasteiger partial charge is 0.475 e. The Kier molecular flexibility index (Phi) is 13.6. The molecule has 0 aliphatic heterocycles. The molecule has 3 N–H and O–H groups in total. The molecular formula is C35H39F3N4O3. The summed E-state index contributed by atoms with van der Waals surface area (Å²) in [6, 6.07) is 37.3. The number of carbonyl (C=O) groups is 2. The van der Waals surface area contributed by atoms with Crippen LogP contribution in [-0.4, -0.2) is 66.8 Å². The van der Waals surface area contributed by atoms with E-state index in [9.17, 15) is 18.0 Å². The van der Waals surface area contributed by atoms with Gasteiger partial charge in [0.2, 0.25) is 0 Å². The van der Waals surface area contributed by atoms with E-state index in [2.05, 4.69) is 94.4 Å². The molecule has 238 valence electrons. The maximum atomic E-state index is 13.0. The van der Waals surface area contributed by atoms with Crippen LogP contribution in [0.2, 0.25) is 0 Å². The summed E-state index contributed by atoms with van der Waals surface area (Å²) in [5.74, 6) is -2.76. The van der Waals surface area contributed by atoms with E-state index in [-0.39, 0.29) is 6.03 Å². The van der Waals surface area contributed by atoms with Crippen molar-refractivity contribution in [2.45, 2.75) is 25.7 Å². The third kappa shape index (κ3) is 12.8. The highest BCUT2D eigenvalue weighted by Crippen LogP contribution is 2.21. The van der Waals surface area contributed by atoms with E-state index in [0.29, 0.717) is 13.1 Å². The summed E-state index contributed by atoms with van der Waals surface area (Å²) in [6.45, 7) is 3.82. The number of hydrogen-bond acceptors (Lipinski definition) is 4. The van der Waals surface area contributed by atoms with E-state index in [1.54, 1.807) is 0 Å². The summed E-state index contributed by atoms with van der Waals surface area (Å²) in [5.41, 5.74) is 6.91. The molecule has 0 bridgehead atoms. The van der Waals surface area contributed by atoms with Crippen molar-refractivity contribution in [1.82, 2.24) is 15.1 Å². The largest absolute Gasteiger partial charge is 0.490 e. The molecule has 7 nitrogen and oxygen atoms in total. The molecule has 0 saturated heterocycles. The lowest BCUT2D eigenvalue weighted by Gasteiger charge is -2.25. The van der Waals surface area contributed by atoms with Crippen LogP contribution in [-0.2, 0) is 24.3 Å². The first-order valence-electron chi connectivity index (χ1n) is 14.5. The van der Waals surface area contributed by atoms with Crippen molar-refractivity contribution in [2.24, 2.45) is 0 Å². The Labute approximate surface area is 262 Å². The zero-order chi connectivity index (χ0) is 32.7. The van der Waals surface area contributed by atoms with Crippen LogP contribution in [0.5, 0.6) is 0 Å². The molecule has 0 radical (unpaired) electrons. The number of nitrogens with zero attached hydrogens (tertiary/aromatic N) is 2. The number of carboxylic acid groups (broad SMARTS) is 1. The zero-order valence-electron chi connectivity index (χ0n) is 25.4. The van der Waals surface area contributed by atoms with Crippen molar-refractivity contribution in [1.29, 1.82) is 0 Å². The van der Waals surface area contributed by atoms with Gasteiger partial charge < -0.3 is 25.5 Å². The molecule has 4 aromatic rings. The Morgan fingerprint density at radius 1 is 0.711 bits per heavy atom. The molecule has 0 spiro atoms. The van der Waals surface area contributed by atoms with Crippen molar-refractivity contribution in [3.63, 3.8) is 0 Å². The molecule has 0 saturated carbocycles. The molecule has 0 aromatic heterocycles. The summed E-state index contributed by atoms with van der Waals surface area (Å²) in [5, 5.41) is 13.7. The number of carbonyl (C=O) groups excluding carboxylic acids is 1. The molecule has 0 heterocycles. The van der Waals surface area contributed by atoms with Crippen LogP contribution < -0.4 is 10.6 Å². The average molecular weight is 621 g/mol. The van der Waals surface area contributed by atoms with Crippen molar-refractivity contribution in [2.75, 3.05) is 39.0 Å². The number of benzene rings is 4. The van der Waals surface area contributed by atoms with Crippen molar-refractivity contribution >= 4 is 17.7 Å². The average Bonchev–Trinajstić information content (AvgIpc) is 3.03. The molecule has 4 aromatic carbocycles. The zero-order valence-corrected chi connectivity index (χ0v) is 25.4. The molecule has 2 amide bonds. The highest BCUT2D eigenvalue weighted by Gasteiger charge is 2.38. The number of halogens is 3. The fourth-order valence-electron chi connectivity index (χ4n) is 4.25. The Hall–Kier alpha value is -4.67. The van der Waals surface area contributed by atoms with Gasteiger partial charge >= 0.3 is 18.2 Å².